The van der Waals surface area contributed by atoms with Gasteiger partial charge in [0.2, 0.25) is 11.7 Å². The van der Waals surface area contributed by atoms with Crippen molar-refractivity contribution in [2.75, 3.05) is 25.6 Å². The Morgan fingerprint density at radius 2 is 2.05 bits per heavy atom. The summed E-state index contributed by atoms with van der Waals surface area (Å²) >= 11 is 1.11. The lowest BCUT2D eigenvalue weighted by molar-refractivity contribution is -0.126. The third-order valence-corrected chi connectivity index (χ3v) is 9.92. The van der Waals surface area contributed by atoms with E-state index in [4.69, 9.17) is 9.26 Å². The minimum atomic E-state index is -4.49. The van der Waals surface area contributed by atoms with Crippen LogP contribution < -0.4 is 10.6 Å². The molecule has 3 aromatic heterocycles. The zero-order valence-corrected chi connectivity index (χ0v) is 23.9. The molecule has 4 aromatic rings. The number of halogens is 4. The van der Waals surface area contributed by atoms with Crippen molar-refractivity contribution in [1.29, 1.82) is 0 Å². The van der Waals surface area contributed by atoms with Gasteiger partial charge in [-0.3, -0.25) is 14.4 Å². The lowest BCUT2D eigenvalue weighted by Crippen LogP contribution is -2.53. The first-order valence-corrected chi connectivity index (χ1v) is 14.9. The lowest BCUT2D eigenvalue weighted by Gasteiger charge is -2.39. The topological polar surface area (TPSA) is 110 Å². The maximum absolute atomic E-state index is 15.4. The molecule has 43 heavy (non-hydrogen) atoms. The molecule has 2 bridgehead atoms. The summed E-state index contributed by atoms with van der Waals surface area (Å²) in [5, 5.41) is 14.5. The van der Waals surface area contributed by atoms with Crippen LogP contribution >= 0.6 is 11.3 Å². The minimum Gasteiger partial charge on any atom is -0.378 e. The molecule has 0 radical (unpaired) electrons. The summed E-state index contributed by atoms with van der Waals surface area (Å²) in [7, 11) is 1.95. The summed E-state index contributed by atoms with van der Waals surface area (Å²) in [6, 6.07) is 4.84. The summed E-state index contributed by atoms with van der Waals surface area (Å²) in [5.41, 5.74) is 0.954. The molecule has 1 aromatic carbocycles. The Morgan fingerprint density at radius 1 is 1.21 bits per heavy atom. The van der Waals surface area contributed by atoms with Crippen LogP contribution in [0.4, 0.5) is 23.2 Å². The molecule has 0 spiro atoms. The number of rotatable bonds is 8. The molecular formula is C28H29F4N7O3S. The molecule has 0 aliphatic carbocycles. The quantitative estimate of drug-likeness (QED) is 0.272. The fraction of sp³-hybridized carbons (Fsp3) is 0.500. The molecule has 3 aliphatic heterocycles. The average Bonchev–Trinajstić information content (AvgIpc) is 3.71. The van der Waals surface area contributed by atoms with Crippen molar-refractivity contribution < 1.29 is 31.6 Å². The maximum Gasteiger partial charge on any atom is 0.393 e. The molecule has 228 valence electrons. The van der Waals surface area contributed by atoms with Gasteiger partial charge in [0.25, 0.3) is 5.91 Å². The Hall–Kier alpha value is -3.56. The van der Waals surface area contributed by atoms with Gasteiger partial charge >= 0.3 is 6.18 Å². The zero-order chi connectivity index (χ0) is 29.9. The van der Waals surface area contributed by atoms with Gasteiger partial charge in [0.05, 0.1) is 65.3 Å². The summed E-state index contributed by atoms with van der Waals surface area (Å²) in [6.45, 7) is 0.954. The molecular weight excluding hydrogens is 590 g/mol. The number of aromatic nitrogens is 4. The van der Waals surface area contributed by atoms with Gasteiger partial charge in [-0.05, 0) is 43.3 Å². The molecule has 3 aliphatic rings. The predicted octanol–water partition coefficient (Wildman–Crippen LogP) is 4.74. The van der Waals surface area contributed by atoms with Crippen molar-refractivity contribution in [3.05, 3.63) is 47.6 Å². The first-order chi connectivity index (χ1) is 20.6. The Morgan fingerprint density at radius 3 is 2.81 bits per heavy atom. The summed E-state index contributed by atoms with van der Waals surface area (Å²) in [5.74, 6) is -0.372. The van der Waals surface area contributed by atoms with E-state index in [1.165, 1.54) is 6.20 Å². The number of hydrogen-bond donors (Lipinski definition) is 2. The fourth-order valence-electron chi connectivity index (χ4n) is 6.29. The molecule has 3 fully saturated rings. The smallest absolute Gasteiger partial charge is 0.378 e. The van der Waals surface area contributed by atoms with Gasteiger partial charge in [0, 0.05) is 18.3 Å². The van der Waals surface area contributed by atoms with Gasteiger partial charge in [0.1, 0.15) is 6.17 Å². The van der Waals surface area contributed by atoms with Crippen molar-refractivity contribution in [3.63, 3.8) is 0 Å². The number of alkyl halides is 4. The van der Waals surface area contributed by atoms with E-state index in [0.29, 0.717) is 41.0 Å². The predicted molar refractivity (Wildman–Crippen MR) is 150 cm³/mol. The Kier molecular flexibility index (Phi) is 7.13. The number of ether oxygens (including phenoxy) is 1. The van der Waals surface area contributed by atoms with Crippen LogP contribution in [0, 0.1) is 0 Å². The largest absolute Gasteiger partial charge is 0.393 e. The van der Waals surface area contributed by atoms with Crippen molar-refractivity contribution in [2.24, 2.45) is 0 Å². The number of nitrogens with one attached hydrogen (secondary N) is 2. The van der Waals surface area contributed by atoms with Crippen molar-refractivity contribution in [1.82, 2.24) is 30.1 Å². The molecule has 1 amide bonds. The number of anilines is 1. The summed E-state index contributed by atoms with van der Waals surface area (Å²) < 4.78 is 69.4. The molecule has 0 saturated carbocycles. The van der Waals surface area contributed by atoms with Crippen molar-refractivity contribution in [3.8, 4) is 10.7 Å². The molecule has 2 N–H and O–H groups in total. The van der Waals surface area contributed by atoms with Crippen LogP contribution in [0.15, 0.2) is 35.1 Å². The second kappa shape index (κ2) is 10.9. The summed E-state index contributed by atoms with van der Waals surface area (Å²) in [6.07, 6.45) is -1.35. The second-order valence-electron chi connectivity index (χ2n) is 11.4. The third kappa shape index (κ3) is 5.38. The van der Waals surface area contributed by atoms with Crippen LogP contribution in [-0.2, 0) is 17.7 Å². The van der Waals surface area contributed by atoms with E-state index in [2.05, 4.69) is 30.8 Å². The van der Waals surface area contributed by atoms with E-state index in [9.17, 15) is 18.0 Å². The van der Waals surface area contributed by atoms with E-state index in [1.54, 1.807) is 29.1 Å². The number of amides is 1. The Labute approximate surface area is 247 Å². The minimum absolute atomic E-state index is 0.00541. The maximum atomic E-state index is 15.4. The van der Waals surface area contributed by atoms with Gasteiger partial charge in [-0.25, -0.2) is 4.39 Å². The third-order valence-electron chi connectivity index (χ3n) is 8.64. The average molecular weight is 620 g/mol. The van der Waals surface area contributed by atoms with Crippen LogP contribution in [0.1, 0.15) is 47.1 Å². The van der Waals surface area contributed by atoms with E-state index < -0.39 is 30.7 Å². The highest BCUT2D eigenvalue weighted by molar-refractivity contribution is 7.23. The Bertz CT molecular complexity index is 1650. The van der Waals surface area contributed by atoms with E-state index in [1.807, 2.05) is 7.05 Å². The van der Waals surface area contributed by atoms with Crippen LogP contribution in [-0.4, -0.2) is 81.5 Å². The number of hydrogen-bond acceptors (Lipinski definition) is 9. The van der Waals surface area contributed by atoms with Crippen LogP contribution in [0.5, 0.6) is 0 Å². The highest BCUT2D eigenvalue weighted by Crippen LogP contribution is 2.45. The number of fused-ring (bicyclic) bond motifs is 3. The second-order valence-corrected chi connectivity index (χ2v) is 12.4. The Balaban J connectivity index is 1.13. The first kappa shape index (κ1) is 28.2. The monoisotopic (exact) mass is 619 g/mol. The molecule has 15 heteroatoms. The molecule has 4 unspecified atom stereocenters. The van der Waals surface area contributed by atoms with Crippen LogP contribution in [0.25, 0.3) is 20.8 Å². The van der Waals surface area contributed by atoms with Crippen LogP contribution in [0.2, 0.25) is 0 Å². The lowest BCUT2D eigenvalue weighted by atomic mass is 9.95. The summed E-state index contributed by atoms with van der Waals surface area (Å²) in [4.78, 5) is 19.2. The number of benzene rings is 1. The molecule has 4 atom stereocenters. The number of carbonyl (C=O) groups is 1. The molecule has 6 heterocycles. The molecule has 10 nitrogen and oxygen atoms in total. The highest BCUT2D eigenvalue weighted by Gasteiger charge is 2.46. The van der Waals surface area contributed by atoms with Crippen molar-refractivity contribution >= 4 is 33.0 Å². The number of piperidine rings is 1. The fourth-order valence-corrected chi connectivity index (χ4v) is 7.51. The van der Waals surface area contributed by atoms with Gasteiger partial charge in [0.15, 0.2) is 0 Å². The van der Waals surface area contributed by atoms with E-state index in [-0.39, 0.29) is 46.8 Å². The van der Waals surface area contributed by atoms with E-state index in [0.717, 1.165) is 24.2 Å². The normalized spacial score (nSPS) is 24.4. The number of nitrogens with zero attached hydrogens (tertiary/aromatic N) is 5. The first-order valence-electron chi connectivity index (χ1n) is 14.1. The van der Waals surface area contributed by atoms with Gasteiger partial charge in [-0.2, -0.15) is 23.3 Å². The van der Waals surface area contributed by atoms with Crippen LogP contribution in [0.3, 0.4) is 0 Å². The highest BCUT2D eigenvalue weighted by atomic mass is 32.1. The molecule has 3 saturated heterocycles. The standard InChI is InChI=1S/C28H29F4N7O3S/c1-38-15-5-6-21(38)23(29)20(7-15)35-19-4-2-3-17-18(8-28(30,31)32)25(43-24(17)19)26-36-22(42-37-26)10-33-27(40)14-9-34-39(11-14)16-12-41-13-16/h2-4,9,11,15-16,20-21,23,35H,5-8,10,12-13H2,1H3,(H,33,40). The van der Waals surface area contributed by atoms with Crippen molar-refractivity contribution in [2.45, 2.75) is 68.7 Å². The zero-order valence-electron chi connectivity index (χ0n) is 23.1. The van der Waals surface area contributed by atoms with Gasteiger partial charge in [-0.15, -0.1) is 11.3 Å². The molecule has 7 rings (SSSR count). The van der Waals surface area contributed by atoms with E-state index >= 15 is 4.39 Å². The number of carbonyl (C=O) groups excluding carboxylic acids is 1. The number of thiophene rings is 1. The van der Waals surface area contributed by atoms with Gasteiger partial charge < -0.3 is 19.9 Å². The SMILES string of the molecule is CN1C2CCC1C(F)C(Nc1cccc3c(CC(F)(F)F)c(-c4noc(CNC(=O)c5cnn(C6COC6)c5)n4)sc13)C2. The van der Waals surface area contributed by atoms with Gasteiger partial charge in [-0.1, -0.05) is 17.3 Å².